The summed E-state index contributed by atoms with van der Waals surface area (Å²) in [7, 11) is -1.42. The maximum absolute atomic E-state index is 9.56. The minimum absolute atomic E-state index is 0.0990. The third-order valence-electron chi connectivity index (χ3n) is 7.12. The van der Waals surface area contributed by atoms with Crippen LogP contribution in [0.4, 0.5) is 0 Å². The van der Waals surface area contributed by atoms with Gasteiger partial charge in [-0.2, -0.15) is 0 Å². The van der Waals surface area contributed by atoms with Gasteiger partial charge in [-0.15, -0.1) is 0 Å². The SMILES string of the molecule is CC1(C)c2ccccc2-c2ccc3c4ccccc4n(C4C=CC(B(O)O)=CC4)c3c21. The molecule has 3 nitrogen and oxygen atoms in total. The Hall–Kier alpha value is -3.08. The third-order valence-corrected chi connectivity index (χ3v) is 7.12. The van der Waals surface area contributed by atoms with Gasteiger partial charge in [0.25, 0.3) is 0 Å². The largest absolute Gasteiger partial charge is 0.488 e. The lowest BCUT2D eigenvalue weighted by atomic mass is 9.76. The molecule has 0 amide bonds. The maximum Gasteiger partial charge on any atom is 0.488 e. The number of benzene rings is 3. The van der Waals surface area contributed by atoms with Gasteiger partial charge < -0.3 is 14.6 Å². The van der Waals surface area contributed by atoms with Crippen LogP contribution in [0.5, 0.6) is 0 Å². The van der Waals surface area contributed by atoms with Crippen LogP contribution in [0.2, 0.25) is 0 Å². The molecular weight excluding hydrogens is 381 g/mol. The molecule has 2 N–H and O–H groups in total. The van der Waals surface area contributed by atoms with E-state index in [-0.39, 0.29) is 11.5 Å². The highest BCUT2D eigenvalue weighted by Crippen LogP contribution is 2.53. The summed E-state index contributed by atoms with van der Waals surface area (Å²) in [5.74, 6) is 0. The summed E-state index contributed by atoms with van der Waals surface area (Å²) in [6.45, 7) is 4.66. The van der Waals surface area contributed by atoms with Crippen LogP contribution in [-0.2, 0) is 5.41 Å². The second-order valence-corrected chi connectivity index (χ2v) is 9.18. The Morgan fingerprint density at radius 3 is 2.45 bits per heavy atom. The molecule has 1 unspecified atom stereocenters. The molecule has 1 aromatic heterocycles. The fourth-order valence-electron chi connectivity index (χ4n) is 5.70. The molecule has 1 heterocycles. The number of hydrogen-bond donors (Lipinski definition) is 2. The molecule has 2 aliphatic carbocycles. The Bertz CT molecular complexity index is 1420. The van der Waals surface area contributed by atoms with Crippen molar-refractivity contribution in [1.29, 1.82) is 0 Å². The molecule has 0 aliphatic heterocycles. The molecule has 0 fully saturated rings. The summed E-state index contributed by atoms with van der Waals surface area (Å²) in [6.07, 6.45) is 6.63. The number of aromatic nitrogens is 1. The molecule has 4 aromatic rings. The Labute approximate surface area is 182 Å². The first-order chi connectivity index (χ1) is 15.0. The van der Waals surface area contributed by atoms with Crippen LogP contribution in [0.3, 0.4) is 0 Å². The summed E-state index contributed by atoms with van der Waals surface area (Å²) in [5.41, 5.74) is 8.37. The molecular formula is C27H24BNO2. The van der Waals surface area contributed by atoms with Crippen LogP contribution in [-0.4, -0.2) is 21.7 Å². The molecule has 0 bridgehead atoms. The zero-order chi connectivity index (χ0) is 21.3. The third kappa shape index (κ3) is 2.49. The van der Waals surface area contributed by atoms with Gasteiger partial charge >= 0.3 is 7.12 Å². The standard InChI is InChI=1S/C27H24BNO2/c1-27(2)23-9-5-3-7-19(23)21-15-16-22-20-8-4-6-10-24(20)29(26(22)25(21)27)18-13-11-17(12-14-18)28(30)31/h3-13,15-16,18,30-31H,14H2,1-2H3. The van der Waals surface area contributed by atoms with Gasteiger partial charge in [-0.3, -0.25) is 0 Å². The highest BCUT2D eigenvalue weighted by Gasteiger charge is 2.38. The normalized spacial score (nSPS) is 18.8. The summed E-state index contributed by atoms with van der Waals surface area (Å²) in [4.78, 5) is 0. The molecule has 0 spiro atoms. The highest BCUT2D eigenvalue weighted by atomic mass is 16.4. The van der Waals surface area contributed by atoms with Gasteiger partial charge in [0.1, 0.15) is 0 Å². The van der Waals surface area contributed by atoms with Crippen LogP contribution >= 0.6 is 0 Å². The fourth-order valence-corrected chi connectivity index (χ4v) is 5.70. The monoisotopic (exact) mass is 405 g/mol. The highest BCUT2D eigenvalue weighted by molar-refractivity contribution is 6.51. The predicted octanol–water partition coefficient (Wildman–Crippen LogP) is 5.54. The smallest absolute Gasteiger partial charge is 0.423 e. The fraction of sp³-hybridized carbons (Fsp3) is 0.185. The van der Waals surface area contributed by atoms with Crippen LogP contribution < -0.4 is 0 Å². The van der Waals surface area contributed by atoms with E-state index >= 15 is 0 Å². The van der Waals surface area contributed by atoms with Crippen molar-refractivity contribution in [1.82, 2.24) is 4.57 Å². The van der Waals surface area contributed by atoms with Gasteiger partial charge in [0.2, 0.25) is 0 Å². The van der Waals surface area contributed by atoms with Crippen molar-refractivity contribution in [2.75, 3.05) is 0 Å². The first-order valence-corrected chi connectivity index (χ1v) is 10.9. The van der Waals surface area contributed by atoms with E-state index < -0.39 is 7.12 Å². The van der Waals surface area contributed by atoms with Gasteiger partial charge in [-0.25, -0.2) is 0 Å². The van der Waals surface area contributed by atoms with Crippen LogP contribution in [0.25, 0.3) is 32.9 Å². The average Bonchev–Trinajstić information content (AvgIpc) is 3.24. The molecule has 6 rings (SSSR count). The number of nitrogens with zero attached hydrogens (tertiary/aromatic N) is 1. The summed E-state index contributed by atoms with van der Waals surface area (Å²) >= 11 is 0. The minimum atomic E-state index is -1.42. The average molecular weight is 405 g/mol. The molecule has 0 radical (unpaired) electrons. The van der Waals surface area contributed by atoms with Gasteiger partial charge in [0.05, 0.1) is 11.6 Å². The number of allylic oxidation sites excluding steroid dienone is 4. The van der Waals surface area contributed by atoms with Gasteiger partial charge in [-0.05, 0) is 40.2 Å². The van der Waals surface area contributed by atoms with E-state index in [1.165, 1.54) is 44.1 Å². The van der Waals surface area contributed by atoms with E-state index in [1.54, 1.807) is 0 Å². The Kier molecular flexibility index (Phi) is 3.89. The molecule has 31 heavy (non-hydrogen) atoms. The van der Waals surface area contributed by atoms with Crippen LogP contribution in [0, 0.1) is 0 Å². The summed E-state index contributed by atoms with van der Waals surface area (Å²) in [6, 6.07) is 22.1. The van der Waals surface area contributed by atoms with Crippen molar-refractivity contribution in [2.45, 2.75) is 31.7 Å². The number of fused-ring (bicyclic) bond motifs is 7. The summed E-state index contributed by atoms with van der Waals surface area (Å²) in [5, 5.41) is 21.7. The molecule has 0 saturated heterocycles. The number of rotatable bonds is 2. The first kappa shape index (κ1) is 18.7. The quantitative estimate of drug-likeness (QED) is 0.430. The van der Waals surface area contributed by atoms with Gasteiger partial charge in [0, 0.05) is 21.7 Å². The van der Waals surface area contributed by atoms with E-state index in [2.05, 4.69) is 85.2 Å². The van der Waals surface area contributed by atoms with Crippen molar-refractivity contribution < 1.29 is 10.0 Å². The van der Waals surface area contributed by atoms with Crippen molar-refractivity contribution in [3.63, 3.8) is 0 Å². The molecule has 152 valence electrons. The van der Waals surface area contributed by atoms with E-state index in [9.17, 15) is 10.0 Å². The predicted molar refractivity (Wildman–Crippen MR) is 128 cm³/mol. The molecule has 1 atom stereocenters. The van der Waals surface area contributed by atoms with Crippen molar-refractivity contribution in [2.24, 2.45) is 0 Å². The maximum atomic E-state index is 9.56. The lowest BCUT2D eigenvalue weighted by molar-refractivity contribution is 0.419. The molecule has 3 aromatic carbocycles. The Morgan fingerprint density at radius 2 is 1.68 bits per heavy atom. The zero-order valence-corrected chi connectivity index (χ0v) is 17.7. The molecule has 2 aliphatic rings. The van der Waals surface area contributed by atoms with Crippen molar-refractivity contribution >= 4 is 28.9 Å². The van der Waals surface area contributed by atoms with E-state index in [0.29, 0.717) is 5.47 Å². The topological polar surface area (TPSA) is 45.4 Å². The lowest BCUT2D eigenvalue weighted by Gasteiger charge is -2.26. The second-order valence-electron chi connectivity index (χ2n) is 9.18. The zero-order valence-electron chi connectivity index (χ0n) is 17.7. The number of para-hydroxylation sites is 1. The van der Waals surface area contributed by atoms with E-state index in [4.69, 9.17) is 0 Å². The first-order valence-electron chi connectivity index (χ1n) is 10.9. The van der Waals surface area contributed by atoms with Crippen molar-refractivity contribution in [3.05, 3.63) is 95.5 Å². The summed E-state index contributed by atoms with van der Waals surface area (Å²) < 4.78 is 2.46. The molecule has 0 saturated carbocycles. The van der Waals surface area contributed by atoms with Crippen LogP contribution in [0.15, 0.2) is 84.4 Å². The van der Waals surface area contributed by atoms with Crippen molar-refractivity contribution in [3.8, 4) is 11.1 Å². The lowest BCUT2D eigenvalue weighted by Crippen LogP contribution is -2.19. The van der Waals surface area contributed by atoms with Gasteiger partial charge in [0.15, 0.2) is 0 Å². The van der Waals surface area contributed by atoms with E-state index in [0.717, 1.165) is 6.42 Å². The van der Waals surface area contributed by atoms with Crippen LogP contribution in [0.1, 0.15) is 37.4 Å². The second kappa shape index (κ2) is 6.46. The Morgan fingerprint density at radius 1 is 0.903 bits per heavy atom. The van der Waals surface area contributed by atoms with Gasteiger partial charge in [-0.1, -0.05) is 86.7 Å². The minimum Gasteiger partial charge on any atom is -0.423 e. The molecule has 4 heteroatoms. The Balaban J connectivity index is 1.69. The van der Waals surface area contributed by atoms with E-state index in [1.807, 2.05) is 12.2 Å². The number of hydrogen-bond acceptors (Lipinski definition) is 2.